The number of rotatable bonds is 5. The van der Waals surface area contributed by atoms with Gasteiger partial charge in [-0.25, -0.2) is 13.4 Å². The lowest BCUT2D eigenvalue weighted by atomic mass is 9.95. The van der Waals surface area contributed by atoms with Gasteiger partial charge in [0, 0.05) is 11.3 Å². The molecule has 1 unspecified atom stereocenters. The van der Waals surface area contributed by atoms with Gasteiger partial charge in [-0.1, -0.05) is 47.2 Å². The van der Waals surface area contributed by atoms with E-state index in [1.807, 2.05) is 0 Å². The zero-order valence-corrected chi connectivity index (χ0v) is 21.7. The monoisotopic (exact) mass is 567 g/mol. The quantitative estimate of drug-likeness (QED) is 0.138. The number of aromatic nitrogens is 1. The van der Waals surface area contributed by atoms with Crippen LogP contribution >= 0.6 is 22.9 Å². The molecule has 12 heteroatoms. The topological polar surface area (TPSA) is 151 Å². The Labute approximate surface area is 226 Å². The van der Waals surface area contributed by atoms with Crippen LogP contribution in [0.15, 0.2) is 93.7 Å². The number of anilines is 2. The molecule has 2 heterocycles. The minimum absolute atomic E-state index is 0.0440. The lowest BCUT2D eigenvalue weighted by Gasteiger charge is -2.23. The van der Waals surface area contributed by atoms with E-state index < -0.39 is 33.3 Å². The molecule has 1 saturated heterocycles. The first-order chi connectivity index (χ1) is 18.1. The normalized spacial score (nSPS) is 17.2. The molecule has 1 amide bonds. The molecule has 0 radical (unpaired) electrons. The molecule has 1 aromatic heterocycles. The van der Waals surface area contributed by atoms with Gasteiger partial charge in [-0.15, -0.1) is 0 Å². The number of Topliss-reactive ketones (excluding diaryl/α,β-unsaturated/α-hetero) is 1. The summed E-state index contributed by atoms with van der Waals surface area (Å²) in [6, 6.07) is 16.6. The van der Waals surface area contributed by atoms with Gasteiger partial charge in [-0.3, -0.25) is 14.5 Å². The van der Waals surface area contributed by atoms with Gasteiger partial charge in [0.2, 0.25) is 9.84 Å². The van der Waals surface area contributed by atoms with Gasteiger partial charge >= 0.3 is 5.91 Å². The van der Waals surface area contributed by atoms with E-state index in [-0.39, 0.29) is 41.7 Å². The number of halogens is 1. The summed E-state index contributed by atoms with van der Waals surface area (Å²) in [4.78, 5) is 31.8. The Hall–Kier alpha value is -4.19. The second-order valence-electron chi connectivity index (χ2n) is 8.28. The molecule has 0 spiro atoms. The fraction of sp³-hybridized carbons (Fsp3) is 0.0385. The first kappa shape index (κ1) is 25.5. The highest BCUT2D eigenvalue weighted by Gasteiger charge is 2.48. The first-order valence-corrected chi connectivity index (χ1v) is 13.7. The Morgan fingerprint density at radius 1 is 1.03 bits per heavy atom. The fourth-order valence-corrected chi connectivity index (χ4v) is 6.79. The summed E-state index contributed by atoms with van der Waals surface area (Å²) >= 11 is 6.83. The first-order valence-electron chi connectivity index (χ1n) is 11.0. The maximum absolute atomic E-state index is 13.3. The highest BCUT2D eigenvalue weighted by Crippen LogP contribution is 2.45. The Kier molecular flexibility index (Phi) is 6.43. The van der Waals surface area contributed by atoms with E-state index in [0.29, 0.717) is 17.0 Å². The SMILES string of the molecule is Nc1ccc(C(O)=C2C(=O)C(=O)N(c3ncc(S(=O)(=O)c4ccccc4)s3)C2c2ccc(O)c(Cl)c2)cc1. The minimum Gasteiger partial charge on any atom is -0.507 e. The largest absolute Gasteiger partial charge is 0.507 e. The van der Waals surface area contributed by atoms with Crippen molar-refractivity contribution in [3.8, 4) is 5.75 Å². The molecule has 0 bridgehead atoms. The summed E-state index contributed by atoms with van der Waals surface area (Å²) in [7, 11) is -3.94. The standard InChI is InChI=1S/C26H18ClN3O6S2/c27-18-12-15(8-11-19(18)31)22-21(23(32)14-6-9-16(28)10-7-14)24(33)25(34)30(22)26-29-13-20(37-26)38(35,36)17-4-2-1-3-5-17/h1-13,22,31-32H,28H2. The Balaban J connectivity index is 1.68. The van der Waals surface area contributed by atoms with Crippen molar-refractivity contribution < 1.29 is 28.2 Å². The number of aromatic hydroxyl groups is 1. The van der Waals surface area contributed by atoms with Crippen LogP contribution in [0.2, 0.25) is 5.02 Å². The van der Waals surface area contributed by atoms with E-state index in [1.54, 1.807) is 18.2 Å². The number of nitrogens with zero attached hydrogens (tertiary/aromatic N) is 2. The van der Waals surface area contributed by atoms with Crippen molar-refractivity contribution in [1.29, 1.82) is 0 Å². The number of carbonyl (C=O) groups excluding carboxylic acids is 2. The average Bonchev–Trinajstić information content (AvgIpc) is 3.50. The van der Waals surface area contributed by atoms with Crippen molar-refractivity contribution in [1.82, 2.24) is 4.98 Å². The smallest absolute Gasteiger partial charge is 0.301 e. The van der Waals surface area contributed by atoms with Crippen LogP contribution in [-0.4, -0.2) is 35.3 Å². The third kappa shape index (κ3) is 4.30. The molecule has 9 nitrogen and oxygen atoms in total. The van der Waals surface area contributed by atoms with Gasteiger partial charge < -0.3 is 15.9 Å². The number of aliphatic hydroxyl groups excluding tert-OH is 1. The molecule has 4 N–H and O–H groups in total. The number of nitrogen functional groups attached to an aromatic ring is 1. The van der Waals surface area contributed by atoms with Crippen molar-refractivity contribution in [2.75, 3.05) is 10.6 Å². The number of phenolic OH excluding ortho intramolecular Hbond substituents is 1. The molecule has 1 fully saturated rings. The van der Waals surface area contributed by atoms with E-state index in [1.165, 1.54) is 54.6 Å². The predicted octanol–water partition coefficient (Wildman–Crippen LogP) is 4.54. The van der Waals surface area contributed by atoms with Gasteiger partial charge in [0.15, 0.2) is 5.13 Å². The number of hydrogen-bond donors (Lipinski definition) is 3. The molecular formula is C26H18ClN3O6S2. The van der Waals surface area contributed by atoms with Crippen LogP contribution in [-0.2, 0) is 19.4 Å². The molecule has 1 atom stereocenters. The van der Waals surface area contributed by atoms with Crippen molar-refractivity contribution in [2.45, 2.75) is 15.1 Å². The molecule has 0 aliphatic carbocycles. The van der Waals surface area contributed by atoms with Gasteiger partial charge in [0.25, 0.3) is 5.78 Å². The average molecular weight is 568 g/mol. The number of nitrogens with two attached hydrogens (primary N) is 1. The number of thiazole rings is 1. The van der Waals surface area contributed by atoms with Gasteiger partial charge in [0.05, 0.1) is 27.7 Å². The van der Waals surface area contributed by atoms with E-state index >= 15 is 0 Å². The summed E-state index contributed by atoms with van der Waals surface area (Å²) in [5.41, 5.74) is 6.42. The molecule has 192 valence electrons. The fourth-order valence-electron chi connectivity index (χ4n) is 4.04. The minimum atomic E-state index is -3.94. The van der Waals surface area contributed by atoms with Crippen LogP contribution in [0.25, 0.3) is 5.76 Å². The van der Waals surface area contributed by atoms with E-state index in [2.05, 4.69) is 4.98 Å². The zero-order valence-electron chi connectivity index (χ0n) is 19.3. The molecule has 4 aromatic rings. The number of aliphatic hydroxyl groups is 1. The molecule has 3 aromatic carbocycles. The third-order valence-electron chi connectivity index (χ3n) is 5.91. The number of ketones is 1. The van der Waals surface area contributed by atoms with Crippen LogP contribution in [0.5, 0.6) is 5.75 Å². The summed E-state index contributed by atoms with van der Waals surface area (Å²) in [6.45, 7) is 0. The lowest BCUT2D eigenvalue weighted by molar-refractivity contribution is -0.132. The number of phenols is 1. The van der Waals surface area contributed by atoms with Crippen LogP contribution in [0.4, 0.5) is 10.8 Å². The molecule has 38 heavy (non-hydrogen) atoms. The summed E-state index contributed by atoms with van der Waals surface area (Å²) < 4.78 is 26.1. The van der Waals surface area contributed by atoms with Crippen molar-refractivity contribution in [3.63, 3.8) is 0 Å². The van der Waals surface area contributed by atoms with E-state index in [9.17, 15) is 28.2 Å². The second kappa shape index (κ2) is 9.60. The maximum Gasteiger partial charge on any atom is 0.301 e. The molecule has 5 rings (SSSR count). The van der Waals surface area contributed by atoms with Gasteiger partial charge in [0.1, 0.15) is 15.7 Å². The number of hydrogen-bond acceptors (Lipinski definition) is 9. The molecule has 0 saturated carbocycles. The predicted molar refractivity (Wildman–Crippen MR) is 143 cm³/mol. The van der Waals surface area contributed by atoms with Crippen LogP contribution in [0.1, 0.15) is 17.2 Å². The molecule has 1 aliphatic rings. The third-order valence-corrected chi connectivity index (χ3v) is 9.44. The number of sulfone groups is 1. The van der Waals surface area contributed by atoms with E-state index in [4.69, 9.17) is 17.3 Å². The second-order valence-corrected chi connectivity index (χ2v) is 11.9. The zero-order chi connectivity index (χ0) is 27.2. The number of amides is 1. The molecular weight excluding hydrogens is 550 g/mol. The summed E-state index contributed by atoms with van der Waals surface area (Å²) in [6.07, 6.45) is 1.11. The number of benzene rings is 3. The Morgan fingerprint density at radius 2 is 1.71 bits per heavy atom. The highest BCUT2D eigenvalue weighted by atomic mass is 35.5. The highest BCUT2D eigenvalue weighted by molar-refractivity contribution is 7.93. The van der Waals surface area contributed by atoms with Crippen LogP contribution in [0, 0.1) is 0 Å². The van der Waals surface area contributed by atoms with E-state index in [0.717, 1.165) is 11.1 Å². The van der Waals surface area contributed by atoms with Crippen LogP contribution < -0.4 is 10.6 Å². The summed E-state index contributed by atoms with van der Waals surface area (Å²) in [5.74, 6) is -2.71. The summed E-state index contributed by atoms with van der Waals surface area (Å²) in [5, 5.41) is 20.9. The van der Waals surface area contributed by atoms with Crippen molar-refractivity contribution in [3.05, 3.63) is 101 Å². The van der Waals surface area contributed by atoms with Crippen molar-refractivity contribution >= 4 is 61.0 Å². The molecule has 1 aliphatic heterocycles. The maximum atomic E-state index is 13.3. The van der Waals surface area contributed by atoms with Gasteiger partial charge in [-0.2, -0.15) is 0 Å². The Bertz CT molecular complexity index is 1720. The van der Waals surface area contributed by atoms with Gasteiger partial charge in [-0.05, 0) is 54.1 Å². The lowest BCUT2D eigenvalue weighted by Crippen LogP contribution is -2.29. The van der Waals surface area contributed by atoms with Crippen LogP contribution in [0.3, 0.4) is 0 Å². The number of carbonyl (C=O) groups is 2. The Morgan fingerprint density at radius 3 is 2.37 bits per heavy atom. The van der Waals surface area contributed by atoms with Crippen molar-refractivity contribution in [2.24, 2.45) is 0 Å².